The molecule has 2 aliphatic rings. The average Bonchev–Trinajstić information content (AvgIpc) is 3.50. The molecule has 48 heavy (non-hydrogen) atoms. The van der Waals surface area contributed by atoms with Crippen LogP contribution in [0.25, 0.3) is 10.8 Å². The first-order valence-electron chi connectivity index (χ1n) is 14.9. The molecular weight excluding hydrogens is 662 g/mol. The Hall–Kier alpha value is -4.88. The van der Waals surface area contributed by atoms with E-state index in [9.17, 15) is 32.3 Å². The number of amides is 3. The zero-order chi connectivity index (χ0) is 33.9. The molecule has 3 atom stereocenters. The molecule has 1 aromatic heterocycles. The maximum atomic E-state index is 14.1. The molecule has 0 radical (unpaired) electrons. The van der Waals surface area contributed by atoms with E-state index in [2.05, 4.69) is 5.32 Å². The van der Waals surface area contributed by atoms with Crippen molar-refractivity contribution in [2.45, 2.75) is 28.9 Å². The second-order valence-corrected chi connectivity index (χ2v) is 13.9. The van der Waals surface area contributed by atoms with Gasteiger partial charge in [0.15, 0.2) is 0 Å². The number of rotatable bonds is 6. The maximum Gasteiger partial charge on any atom is 0.416 e. The Labute approximate surface area is 280 Å². The Balaban J connectivity index is 1.28. The lowest BCUT2D eigenvalue weighted by Gasteiger charge is -2.31. The lowest BCUT2D eigenvalue weighted by Crippen LogP contribution is -2.33. The number of nitrogens with zero attached hydrogens (tertiary/aromatic N) is 3. The molecule has 13 heteroatoms. The van der Waals surface area contributed by atoms with Crippen molar-refractivity contribution in [2.75, 3.05) is 29.2 Å². The van der Waals surface area contributed by atoms with Gasteiger partial charge in [0.05, 0.1) is 22.2 Å². The molecule has 3 unspecified atom stereocenters. The molecule has 0 spiro atoms. The molecular formula is C35H27F3N4O4S2. The molecule has 2 aliphatic heterocycles. The van der Waals surface area contributed by atoms with E-state index in [0.717, 1.165) is 62.7 Å². The van der Waals surface area contributed by atoms with Gasteiger partial charge in [-0.25, -0.2) is 4.90 Å². The summed E-state index contributed by atoms with van der Waals surface area (Å²) in [5, 5.41) is 4.00. The maximum absolute atomic E-state index is 14.1. The van der Waals surface area contributed by atoms with Gasteiger partial charge in [-0.05, 0) is 47.3 Å². The van der Waals surface area contributed by atoms with E-state index in [-0.39, 0.29) is 12.2 Å². The topological polar surface area (TPSA) is 91.7 Å². The summed E-state index contributed by atoms with van der Waals surface area (Å²) in [6, 6.07) is 24.6. The normalized spacial score (nSPS) is 18.9. The zero-order valence-corrected chi connectivity index (χ0v) is 27.2. The summed E-state index contributed by atoms with van der Waals surface area (Å²) in [7, 11) is 3.75. The minimum Gasteiger partial charge on any atom is -0.378 e. The monoisotopic (exact) mass is 688 g/mol. The minimum absolute atomic E-state index is 0.174. The fraction of sp³-hybridized carbons (Fsp3) is 0.200. The van der Waals surface area contributed by atoms with Crippen LogP contribution in [0.1, 0.15) is 21.9 Å². The van der Waals surface area contributed by atoms with Crippen molar-refractivity contribution < 1.29 is 27.6 Å². The molecule has 1 fully saturated rings. The van der Waals surface area contributed by atoms with E-state index in [0.29, 0.717) is 21.2 Å². The molecule has 0 saturated carbocycles. The highest BCUT2D eigenvalue weighted by Crippen LogP contribution is 2.54. The SMILES string of the molecule is CN(C)c1ccc(C2c3sc(=O)n(CC(=O)Nc4cccc5ccccc45)c3SC3C(=O)N(c4cccc(C(F)(F)F)c4)C(=O)C32)cc1. The van der Waals surface area contributed by atoms with E-state index in [1.807, 2.05) is 79.7 Å². The van der Waals surface area contributed by atoms with Gasteiger partial charge in [0, 0.05) is 41.7 Å². The highest BCUT2D eigenvalue weighted by atomic mass is 32.2. The third kappa shape index (κ3) is 5.46. The number of anilines is 3. The van der Waals surface area contributed by atoms with Crippen LogP contribution in [0.15, 0.2) is 101 Å². The molecule has 7 rings (SSSR count). The van der Waals surface area contributed by atoms with E-state index in [4.69, 9.17) is 0 Å². The van der Waals surface area contributed by atoms with Crippen molar-refractivity contribution in [2.24, 2.45) is 5.92 Å². The predicted molar refractivity (Wildman–Crippen MR) is 181 cm³/mol. The number of thioether (sulfide) groups is 1. The van der Waals surface area contributed by atoms with Crippen LogP contribution >= 0.6 is 23.1 Å². The Morgan fingerprint density at radius 2 is 1.60 bits per heavy atom. The first-order chi connectivity index (χ1) is 22.9. The summed E-state index contributed by atoms with van der Waals surface area (Å²) >= 11 is 1.90. The third-order valence-electron chi connectivity index (χ3n) is 8.61. The number of halogens is 3. The summed E-state index contributed by atoms with van der Waals surface area (Å²) in [5.41, 5.74) is 0.972. The van der Waals surface area contributed by atoms with Gasteiger partial charge in [0.2, 0.25) is 17.7 Å². The standard InChI is InChI=1S/C35H27F3N4O4S2/c1-40(2)22-15-13-20(14-16-22)27-28-29(32(45)42(31(28)44)23-10-6-9-21(17-23)35(36,37)38)47-33-30(27)48-34(46)41(33)18-26(43)39-25-12-5-8-19-7-3-4-11-24(19)25/h3-17,27-29H,18H2,1-2H3,(H,39,43). The van der Waals surface area contributed by atoms with Crippen LogP contribution in [-0.4, -0.2) is 41.6 Å². The number of hydrogen-bond acceptors (Lipinski definition) is 7. The number of alkyl halides is 3. The smallest absolute Gasteiger partial charge is 0.378 e. The number of hydrogen-bond donors (Lipinski definition) is 1. The number of imide groups is 1. The lowest BCUT2D eigenvalue weighted by atomic mass is 9.83. The second kappa shape index (κ2) is 12.0. The molecule has 1 saturated heterocycles. The van der Waals surface area contributed by atoms with Crippen LogP contribution in [0.5, 0.6) is 0 Å². The number of fused-ring (bicyclic) bond motifs is 3. The highest BCUT2D eigenvalue weighted by molar-refractivity contribution is 8.00. The van der Waals surface area contributed by atoms with Gasteiger partial charge in [-0.2, -0.15) is 13.2 Å². The van der Waals surface area contributed by atoms with Gasteiger partial charge in [0.25, 0.3) is 0 Å². The van der Waals surface area contributed by atoms with E-state index < -0.39 is 51.4 Å². The van der Waals surface area contributed by atoms with E-state index >= 15 is 0 Å². The molecule has 5 aromatic rings. The Bertz CT molecular complexity index is 2150. The Kier molecular flexibility index (Phi) is 7.91. The number of nitrogens with one attached hydrogen (secondary N) is 1. The summed E-state index contributed by atoms with van der Waals surface area (Å²) in [5.74, 6) is -3.53. The van der Waals surface area contributed by atoms with Crippen molar-refractivity contribution in [3.63, 3.8) is 0 Å². The van der Waals surface area contributed by atoms with Crippen LogP contribution in [-0.2, 0) is 27.1 Å². The van der Waals surface area contributed by atoms with Crippen LogP contribution in [0.4, 0.5) is 30.2 Å². The molecule has 3 amide bonds. The molecule has 0 bridgehead atoms. The third-order valence-corrected chi connectivity index (χ3v) is 11.2. The molecule has 1 N–H and O–H groups in total. The first-order valence-corrected chi connectivity index (χ1v) is 16.6. The second-order valence-electron chi connectivity index (χ2n) is 11.8. The highest BCUT2D eigenvalue weighted by Gasteiger charge is 2.57. The van der Waals surface area contributed by atoms with Gasteiger partial charge in [-0.3, -0.25) is 23.7 Å². The Morgan fingerprint density at radius 3 is 2.33 bits per heavy atom. The van der Waals surface area contributed by atoms with Gasteiger partial charge < -0.3 is 10.2 Å². The van der Waals surface area contributed by atoms with Crippen molar-refractivity contribution >= 4 is 68.7 Å². The van der Waals surface area contributed by atoms with Crippen LogP contribution < -0.4 is 20.0 Å². The molecule has 8 nitrogen and oxygen atoms in total. The molecule has 244 valence electrons. The summed E-state index contributed by atoms with van der Waals surface area (Å²) in [6.07, 6.45) is -4.67. The lowest BCUT2D eigenvalue weighted by molar-refractivity contribution is -0.137. The van der Waals surface area contributed by atoms with E-state index in [1.165, 1.54) is 10.6 Å². The van der Waals surface area contributed by atoms with E-state index in [1.54, 1.807) is 6.07 Å². The number of thiazole rings is 1. The van der Waals surface area contributed by atoms with Gasteiger partial charge in [-0.1, -0.05) is 77.7 Å². The number of carbonyl (C=O) groups excluding carboxylic acids is 3. The van der Waals surface area contributed by atoms with Crippen LogP contribution in [0.2, 0.25) is 0 Å². The predicted octanol–water partition coefficient (Wildman–Crippen LogP) is 6.58. The number of aromatic nitrogens is 1. The fourth-order valence-corrected chi connectivity index (χ4v) is 9.11. The Morgan fingerprint density at radius 1 is 0.896 bits per heavy atom. The van der Waals surface area contributed by atoms with Gasteiger partial charge in [-0.15, -0.1) is 0 Å². The summed E-state index contributed by atoms with van der Waals surface area (Å²) in [6.45, 7) is -0.343. The quantitative estimate of drug-likeness (QED) is 0.203. The summed E-state index contributed by atoms with van der Waals surface area (Å²) < 4.78 is 42.1. The molecule has 4 aromatic carbocycles. The number of benzene rings is 4. The van der Waals surface area contributed by atoms with Crippen LogP contribution in [0, 0.1) is 5.92 Å². The zero-order valence-electron chi connectivity index (χ0n) is 25.5. The van der Waals surface area contributed by atoms with Gasteiger partial charge >= 0.3 is 11.0 Å². The van der Waals surface area contributed by atoms with Crippen molar-refractivity contribution in [3.8, 4) is 0 Å². The van der Waals surface area contributed by atoms with Crippen molar-refractivity contribution in [3.05, 3.63) is 117 Å². The molecule has 0 aliphatic carbocycles. The minimum atomic E-state index is -4.67. The molecule has 3 heterocycles. The average molecular weight is 689 g/mol. The fourth-order valence-electron chi connectivity index (χ4n) is 6.34. The van der Waals surface area contributed by atoms with Crippen LogP contribution in [0.3, 0.4) is 0 Å². The van der Waals surface area contributed by atoms with Gasteiger partial charge in [0.1, 0.15) is 11.8 Å². The summed E-state index contributed by atoms with van der Waals surface area (Å²) in [4.78, 5) is 57.8. The van der Waals surface area contributed by atoms with Crippen molar-refractivity contribution in [1.82, 2.24) is 4.57 Å². The largest absolute Gasteiger partial charge is 0.416 e. The number of carbonyl (C=O) groups is 3. The first kappa shape index (κ1) is 31.7. The van der Waals surface area contributed by atoms with Crippen molar-refractivity contribution in [1.29, 1.82) is 0 Å².